The SMILES string of the molecule is CN(N)C(=O)CCCc1ccc2[nH]c(=O)[nH]c2c1. The van der Waals surface area contributed by atoms with Crippen LogP contribution >= 0.6 is 0 Å². The van der Waals surface area contributed by atoms with E-state index in [0.29, 0.717) is 6.42 Å². The topological polar surface area (TPSA) is 95.0 Å². The van der Waals surface area contributed by atoms with Crippen molar-refractivity contribution in [2.24, 2.45) is 5.84 Å². The van der Waals surface area contributed by atoms with Crippen LogP contribution in [0.25, 0.3) is 11.0 Å². The molecule has 0 spiro atoms. The molecule has 0 atom stereocenters. The number of imidazole rings is 1. The van der Waals surface area contributed by atoms with Gasteiger partial charge in [0.2, 0.25) is 5.91 Å². The summed E-state index contributed by atoms with van der Waals surface area (Å²) in [6.45, 7) is 0. The van der Waals surface area contributed by atoms with Crippen molar-refractivity contribution in [2.75, 3.05) is 7.05 Å². The second-order valence-corrected chi connectivity index (χ2v) is 4.32. The van der Waals surface area contributed by atoms with E-state index in [-0.39, 0.29) is 11.6 Å². The van der Waals surface area contributed by atoms with Crippen LogP contribution < -0.4 is 11.5 Å². The number of aryl methyl sites for hydroxylation is 1. The standard InChI is InChI=1S/C12H16N4O2/c1-16(13)11(17)4-2-3-8-5-6-9-10(7-8)15-12(18)14-9/h5-7H,2-4,13H2,1H3,(H2,14,15,18). The molecule has 0 bridgehead atoms. The van der Waals surface area contributed by atoms with E-state index in [1.165, 1.54) is 0 Å². The lowest BCUT2D eigenvalue weighted by Gasteiger charge is -2.09. The lowest BCUT2D eigenvalue weighted by Crippen LogP contribution is -2.32. The third-order valence-electron chi connectivity index (χ3n) is 2.83. The van der Waals surface area contributed by atoms with Crippen LogP contribution in [0.1, 0.15) is 18.4 Å². The molecule has 2 rings (SSSR count). The Kier molecular flexibility index (Phi) is 3.47. The number of carbonyl (C=O) groups excluding carboxylic acids is 1. The van der Waals surface area contributed by atoms with Gasteiger partial charge in [-0.2, -0.15) is 0 Å². The van der Waals surface area contributed by atoms with Gasteiger partial charge in [0, 0.05) is 13.5 Å². The van der Waals surface area contributed by atoms with E-state index in [4.69, 9.17) is 5.84 Å². The fourth-order valence-corrected chi connectivity index (χ4v) is 1.86. The Bertz CT molecular complexity index is 612. The number of nitrogens with zero attached hydrogens (tertiary/aromatic N) is 1. The van der Waals surface area contributed by atoms with Crippen molar-refractivity contribution in [1.29, 1.82) is 0 Å². The number of hydrazine groups is 1. The summed E-state index contributed by atoms with van der Waals surface area (Å²) < 4.78 is 0. The Balaban J connectivity index is 1.99. The maximum Gasteiger partial charge on any atom is 0.323 e. The number of rotatable bonds is 4. The number of nitrogens with one attached hydrogen (secondary N) is 2. The van der Waals surface area contributed by atoms with Crippen molar-refractivity contribution in [1.82, 2.24) is 15.0 Å². The van der Waals surface area contributed by atoms with Gasteiger partial charge in [-0.1, -0.05) is 6.07 Å². The molecule has 1 aromatic heterocycles. The highest BCUT2D eigenvalue weighted by atomic mass is 16.2. The van der Waals surface area contributed by atoms with Gasteiger partial charge in [-0.3, -0.25) is 9.80 Å². The number of carbonyl (C=O) groups is 1. The van der Waals surface area contributed by atoms with E-state index < -0.39 is 0 Å². The van der Waals surface area contributed by atoms with Crippen LogP contribution in [0.4, 0.5) is 0 Å². The molecule has 1 aromatic carbocycles. The summed E-state index contributed by atoms with van der Waals surface area (Å²) in [6, 6.07) is 5.73. The fraction of sp³-hybridized carbons (Fsp3) is 0.333. The largest absolute Gasteiger partial charge is 0.323 e. The lowest BCUT2D eigenvalue weighted by atomic mass is 10.1. The van der Waals surface area contributed by atoms with Crippen molar-refractivity contribution >= 4 is 16.9 Å². The van der Waals surface area contributed by atoms with Gasteiger partial charge < -0.3 is 9.97 Å². The third-order valence-corrected chi connectivity index (χ3v) is 2.83. The number of nitrogens with two attached hydrogens (primary N) is 1. The Morgan fingerprint density at radius 1 is 1.33 bits per heavy atom. The molecule has 0 fully saturated rings. The van der Waals surface area contributed by atoms with E-state index in [0.717, 1.165) is 34.4 Å². The highest BCUT2D eigenvalue weighted by Crippen LogP contribution is 2.12. The summed E-state index contributed by atoms with van der Waals surface area (Å²) >= 11 is 0. The molecule has 0 saturated carbocycles. The fourth-order valence-electron chi connectivity index (χ4n) is 1.86. The first-order chi connectivity index (χ1) is 8.56. The highest BCUT2D eigenvalue weighted by Gasteiger charge is 2.05. The van der Waals surface area contributed by atoms with Crippen molar-refractivity contribution in [3.63, 3.8) is 0 Å². The van der Waals surface area contributed by atoms with Crippen LogP contribution in [0.3, 0.4) is 0 Å². The Morgan fingerprint density at radius 2 is 2.06 bits per heavy atom. The molecule has 0 radical (unpaired) electrons. The van der Waals surface area contributed by atoms with Gasteiger partial charge in [0.1, 0.15) is 0 Å². The smallest absolute Gasteiger partial charge is 0.306 e. The Morgan fingerprint density at radius 3 is 2.78 bits per heavy atom. The summed E-state index contributed by atoms with van der Waals surface area (Å²) in [5.74, 6) is 5.25. The van der Waals surface area contributed by atoms with E-state index >= 15 is 0 Å². The van der Waals surface area contributed by atoms with Gasteiger partial charge in [-0.25, -0.2) is 10.6 Å². The van der Waals surface area contributed by atoms with Crippen LogP contribution in [0.5, 0.6) is 0 Å². The molecule has 0 aliphatic heterocycles. The van der Waals surface area contributed by atoms with Crippen LogP contribution in [-0.4, -0.2) is 27.9 Å². The normalized spacial score (nSPS) is 10.8. The zero-order valence-corrected chi connectivity index (χ0v) is 10.2. The predicted octanol–water partition coefficient (Wildman–Crippen LogP) is 0.511. The monoisotopic (exact) mass is 248 g/mol. The van der Waals surface area contributed by atoms with Gasteiger partial charge in [0.25, 0.3) is 0 Å². The second kappa shape index (κ2) is 5.05. The predicted molar refractivity (Wildman–Crippen MR) is 68.8 cm³/mol. The second-order valence-electron chi connectivity index (χ2n) is 4.32. The number of hydrogen-bond donors (Lipinski definition) is 3. The van der Waals surface area contributed by atoms with Crippen molar-refractivity contribution in [3.8, 4) is 0 Å². The van der Waals surface area contributed by atoms with E-state index in [9.17, 15) is 9.59 Å². The van der Waals surface area contributed by atoms with Crippen LogP contribution in [0, 0.1) is 0 Å². The maximum atomic E-state index is 11.3. The van der Waals surface area contributed by atoms with Gasteiger partial charge >= 0.3 is 5.69 Å². The minimum Gasteiger partial charge on any atom is -0.306 e. The number of H-pyrrole nitrogens is 2. The third kappa shape index (κ3) is 2.78. The minimum absolute atomic E-state index is 0.0777. The minimum atomic E-state index is -0.206. The van der Waals surface area contributed by atoms with Crippen molar-refractivity contribution < 1.29 is 4.79 Å². The van der Waals surface area contributed by atoms with Crippen molar-refractivity contribution in [3.05, 3.63) is 34.2 Å². The summed E-state index contributed by atoms with van der Waals surface area (Å²) in [5, 5.41) is 1.10. The lowest BCUT2D eigenvalue weighted by molar-refractivity contribution is -0.130. The molecule has 6 heteroatoms. The van der Waals surface area contributed by atoms with Gasteiger partial charge in [-0.15, -0.1) is 0 Å². The summed E-state index contributed by atoms with van der Waals surface area (Å²) in [5.41, 5.74) is 2.47. The first-order valence-corrected chi connectivity index (χ1v) is 5.78. The number of aromatic amines is 2. The number of fused-ring (bicyclic) bond motifs is 1. The molecule has 6 nitrogen and oxygen atoms in total. The molecule has 4 N–H and O–H groups in total. The summed E-state index contributed by atoms with van der Waals surface area (Å²) in [4.78, 5) is 27.8. The quantitative estimate of drug-likeness (QED) is 0.418. The highest BCUT2D eigenvalue weighted by molar-refractivity contribution is 5.76. The van der Waals surface area contributed by atoms with Gasteiger partial charge in [0.15, 0.2) is 0 Å². The van der Waals surface area contributed by atoms with E-state index in [1.807, 2.05) is 18.2 Å². The summed E-state index contributed by atoms with van der Waals surface area (Å²) in [6.07, 6.45) is 1.94. The van der Waals surface area contributed by atoms with Gasteiger partial charge in [0.05, 0.1) is 11.0 Å². The first kappa shape index (κ1) is 12.4. The molecule has 1 heterocycles. The molecule has 0 aliphatic carbocycles. The van der Waals surface area contributed by atoms with Crippen LogP contribution in [0.2, 0.25) is 0 Å². The number of benzene rings is 1. The van der Waals surface area contributed by atoms with Crippen molar-refractivity contribution in [2.45, 2.75) is 19.3 Å². The number of aromatic nitrogens is 2. The number of amides is 1. The molecule has 96 valence electrons. The Hall–Kier alpha value is -2.08. The molecular formula is C12H16N4O2. The van der Waals surface area contributed by atoms with E-state index in [2.05, 4.69) is 9.97 Å². The maximum absolute atomic E-state index is 11.3. The Labute approximate surface area is 104 Å². The summed E-state index contributed by atoms with van der Waals surface area (Å²) in [7, 11) is 1.54. The average molecular weight is 248 g/mol. The molecule has 0 aliphatic rings. The zero-order chi connectivity index (χ0) is 13.1. The molecule has 2 aromatic rings. The van der Waals surface area contributed by atoms with Crippen LogP contribution in [0.15, 0.2) is 23.0 Å². The molecule has 1 amide bonds. The van der Waals surface area contributed by atoms with Crippen LogP contribution in [-0.2, 0) is 11.2 Å². The van der Waals surface area contributed by atoms with Gasteiger partial charge in [-0.05, 0) is 30.5 Å². The zero-order valence-electron chi connectivity index (χ0n) is 10.2. The average Bonchev–Trinajstić information content (AvgIpc) is 2.68. The molecular weight excluding hydrogens is 232 g/mol. The number of hydrogen-bond acceptors (Lipinski definition) is 3. The molecule has 0 unspecified atom stereocenters. The molecule has 18 heavy (non-hydrogen) atoms. The van der Waals surface area contributed by atoms with E-state index in [1.54, 1.807) is 7.05 Å². The first-order valence-electron chi connectivity index (χ1n) is 5.78. The molecule has 0 saturated heterocycles.